The number of aromatic nitrogens is 3. The maximum Gasteiger partial charge on any atom is 0.269 e. The molecule has 1 amide bonds. The minimum atomic E-state index is -0.625. The maximum absolute atomic E-state index is 10.9. The summed E-state index contributed by atoms with van der Waals surface area (Å²) in [7, 11) is 0. The predicted octanol–water partition coefficient (Wildman–Crippen LogP) is -0.180. The molecule has 2 aromatic rings. The topological polar surface area (TPSA) is 124 Å². The third kappa shape index (κ3) is 1.91. The third-order valence-electron chi connectivity index (χ3n) is 2.09. The van der Waals surface area contributed by atoms with Crippen LogP contribution in [0, 0.1) is 11.3 Å². The lowest BCUT2D eigenvalue weighted by molar-refractivity contribution is 0.0995. The van der Waals surface area contributed by atoms with E-state index in [1.807, 2.05) is 6.07 Å². The van der Waals surface area contributed by atoms with Crippen molar-refractivity contribution in [1.29, 1.82) is 5.26 Å². The number of amides is 1. The van der Waals surface area contributed by atoms with E-state index in [4.69, 9.17) is 16.7 Å². The zero-order valence-electron chi connectivity index (χ0n) is 8.66. The van der Waals surface area contributed by atoms with Gasteiger partial charge in [0.15, 0.2) is 11.5 Å². The molecule has 0 radical (unpaired) electrons. The molecule has 0 unspecified atom stereocenters. The zero-order chi connectivity index (χ0) is 12.4. The van der Waals surface area contributed by atoms with E-state index in [1.54, 1.807) is 12.1 Å². The molecule has 0 atom stereocenters. The van der Waals surface area contributed by atoms with E-state index in [1.165, 1.54) is 16.9 Å². The summed E-state index contributed by atoms with van der Waals surface area (Å²) >= 11 is 0. The van der Waals surface area contributed by atoms with Gasteiger partial charge in [-0.15, -0.1) is 0 Å². The molecule has 7 heteroatoms. The molecule has 2 heterocycles. The number of nitrogens with two attached hydrogens (primary N) is 2. The van der Waals surface area contributed by atoms with Gasteiger partial charge in [-0.25, -0.2) is 9.67 Å². The van der Waals surface area contributed by atoms with Gasteiger partial charge in [-0.1, -0.05) is 0 Å². The number of nitriles is 1. The van der Waals surface area contributed by atoms with Gasteiger partial charge < -0.3 is 11.5 Å². The quantitative estimate of drug-likeness (QED) is 0.737. The van der Waals surface area contributed by atoms with Gasteiger partial charge in [-0.05, 0) is 18.2 Å². The molecule has 0 aliphatic carbocycles. The van der Waals surface area contributed by atoms with Crippen LogP contribution in [0.25, 0.3) is 5.82 Å². The molecular weight excluding hydrogens is 220 g/mol. The van der Waals surface area contributed by atoms with Crippen LogP contribution in [0.3, 0.4) is 0 Å². The van der Waals surface area contributed by atoms with Crippen LogP contribution in [0.4, 0.5) is 5.69 Å². The van der Waals surface area contributed by atoms with Crippen molar-refractivity contribution < 1.29 is 4.79 Å². The van der Waals surface area contributed by atoms with Crippen molar-refractivity contribution in [2.75, 3.05) is 5.73 Å². The molecule has 17 heavy (non-hydrogen) atoms. The lowest BCUT2D eigenvalue weighted by Crippen LogP contribution is -2.12. The van der Waals surface area contributed by atoms with Gasteiger partial charge in [0.1, 0.15) is 11.8 Å². The fraction of sp³-hybridized carbons (Fsp3) is 0. The summed E-state index contributed by atoms with van der Waals surface area (Å²) in [5.74, 6) is -0.233. The van der Waals surface area contributed by atoms with Gasteiger partial charge in [0.2, 0.25) is 0 Å². The van der Waals surface area contributed by atoms with Crippen LogP contribution in [0.2, 0.25) is 0 Å². The van der Waals surface area contributed by atoms with E-state index < -0.39 is 5.91 Å². The van der Waals surface area contributed by atoms with E-state index in [-0.39, 0.29) is 11.4 Å². The van der Waals surface area contributed by atoms with Gasteiger partial charge in [0, 0.05) is 6.20 Å². The van der Waals surface area contributed by atoms with Crippen LogP contribution >= 0.6 is 0 Å². The molecule has 2 aromatic heterocycles. The largest absolute Gasteiger partial charge is 0.396 e. The standard InChI is InChI=1S/C10H8N6O/c11-5-8-6(12)1-2-9(14-8)16-4-3-7(15-16)10(13)17/h1-4H,12H2,(H2,13,17). The molecule has 2 rings (SSSR count). The van der Waals surface area contributed by atoms with Crippen LogP contribution in [0.1, 0.15) is 16.2 Å². The average Bonchev–Trinajstić information content (AvgIpc) is 2.79. The monoisotopic (exact) mass is 228 g/mol. The smallest absolute Gasteiger partial charge is 0.269 e. The summed E-state index contributed by atoms with van der Waals surface area (Å²) in [5.41, 5.74) is 11.1. The lowest BCUT2D eigenvalue weighted by Gasteiger charge is -2.02. The van der Waals surface area contributed by atoms with Gasteiger partial charge in [-0.3, -0.25) is 4.79 Å². The van der Waals surface area contributed by atoms with Gasteiger partial charge in [0.25, 0.3) is 5.91 Å². The Hall–Kier alpha value is -2.88. The Balaban J connectivity index is 2.46. The second-order valence-corrected chi connectivity index (χ2v) is 3.23. The number of nitrogens with zero attached hydrogens (tertiary/aromatic N) is 4. The van der Waals surface area contributed by atoms with E-state index in [0.29, 0.717) is 11.5 Å². The second-order valence-electron chi connectivity index (χ2n) is 3.23. The van der Waals surface area contributed by atoms with Crippen LogP contribution < -0.4 is 11.5 Å². The molecule has 0 aliphatic heterocycles. The molecule has 4 N–H and O–H groups in total. The molecule has 7 nitrogen and oxygen atoms in total. The fourth-order valence-corrected chi connectivity index (χ4v) is 1.26. The van der Waals surface area contributed by atoms with E-state index in [0.717, 1.165) is 0 Å². The van der Waals surface area contributed by atoms with E-state index in [9.17, 15) is 4.79 Å². The highest BCUT2D eigenvalue weighted by Gasteiger charge is 2.08. The molecule has 0 saturated heterocycles. The molecule has 0 bridgehead atoms. The number of pyridine rings is 1. The highest BCUT2D eigenvalue weighted by Crippen LogP contribution is 2.11. The first kappa shape index (κ1) is 10.6. The van der Waals surface area contributed by atoms with Crippen molar-refractivity contribution >= 4 is 11.6 Å². The molecule has 0 aromatic carbocycles. The Morgan fingerprint density at radius 3 is 2.76 bits per heavy atom. The molecule has 84 valence electrons. The van der Waals surface area contributed by atoms with Crippen LogP contribution in [0.15, 0.2) is 24.4 Å². The number of hydrogen-bond donors (Lipinski definition) is 2. The summed E-state index contributed by atoms with van der Waals surface area (Å²) in [6, 6.07) is 6.47. The number of nitrogen functional groups attached to an aromatic ring is 1. The average molecular weight is 228 g/mol. The Morgan fingerprint density at radius 2 is 2.18 bits per heavy atom. The van der Waals surface area contributed by atoms with Crippen LogP contribution in [-0.4, -0.2) is 20.7 Å². The molecule has 0 saturated carbocycles. The lowest BCUT2D eigenvalue weighted by atomic mass is 10.3. The molecular formula is C10H8N6O. The highest BCUT2D eigenvalue weighted by molar-refractivity contribution is 5.90. The molecule has 0 aliphatic rings. The number of anilines is 1. The molecule has 0 fully saturated rings. The Labute approximate surface area is 96.3 Å². The van der Waals surface area contributed by atoms with Crippen molar-refractivity contribution in [3.63, 3.8) is 0 Å². The number of rotatable bonds is 2. The van der Waals surface area contributed by atoms with Crippen LogP contribution in [0.5, 0.6) is 0 Å². The van der Waals surface area contributed by atoms with Crippen molar-refractivity contribution in [3.8, 4) is 11.9 Å². The zero-order valence-corrected chi connectivity index (χ0v) is 8.66. The normalized spacial score (nSPS) is 9.82. The highest BCUT2D eigenvalue weighted by atomic mass is 16.1. The first-order chi connectivity index (χ1) is 8.11. The van der Waals surface area contributed by atoms with Gasteiger partial charge in [0.05, 0.1) is 5.69 Å². The number of carbonyl (C=O) groups is 1. The van der Waals surface area contributed by atoms with Crippen molar-refractivity contribution in [1.82, 2.24) is 14.8 Å². The van der Waals surface area contributed by atoms with Crippen molar-refractivity contribution in [2.24, 2.45) is 5.73 Å². The first-order valence-electron chi connectivity index (χ1n) is 4.64. The minimum absolute atomic E-state index is 0.110. The van der Waals surface area contributed by atoms with Crippen molar-refractivity contribution in [2.45, 2.75) is 0 Å². The Bertz CT molecular complexity index is 624. The van der Waals surface area contributed by atoms with Gasteiger partial charge >= 0.3 is 0 Å². The fourth-order valence-electron chi connectivity index (χ4n) is 1.26. The summed E-state index contributed by atoms with van der Waals surface area (Å²) in [4.78, 5) is 14.9. The Morgan fingerprint density at radius 1 is 1.41 bits per heavy atom. The number of carbonyl (C=O) groups excluding carboxylic acids is 1. The van der Waals surface area contributed by atoms with E-state index >= 15 is 0 Å². The number of hydrogen-bond acceptors (Lipinski definition) is 5. The minimum Gasteiger partial charge on any atom is -0.396 e. The Kier molecular flexibility index (Phi) is 2.46. The summed E-state index contributed by atoms with van der Waals surface area (Å²) < 4.78 is 1.35. The predicted molar refractivity (Wildman–Crippen MR) is 59.0 cm³/mol. The summed E-state index contributed by atoms with van der Waals surface area (Å²) in [6.07, 6.45) is 1.53. The summed E-state index contributed by atoms with van der Waals surface area (Å²) in [5, 5.41) is 12.7. The summed E-state index contributed by atoms with van der Waals surface area (Å²) in [6.45, 7) is 0. The maximum atomic E-state index is 10.9. The molecule has 0 spiro atoms. The van der Waals surface area contributed by atoms with E-state index in [2.05, 4.69) is 10.1 Å². The number of primary amides is 1. The van der Waals surface area contributed by atoms with Crippen LogP contribution in [-0.2, 0) is 0 Å². The SMILES string of the molecule is N#Cc1nc(-n2ccc(C(N)=O)n2)ccc1N. The first-order valence-corrected chi connectivity index (χ1v) is 4.64. The van der Waals surface area contributed by atoms with Gasteiger partial charge in [-0.2, -0.15) is 10.4 Å². The third-order valence-corrected chi connectivity index (χ3v) is 2.09. The van der Waals surface area contributed by atoms with Crippen molar-refractivity contribution in [3.05, 3.63) is 35.8 Å². The second kappa shape index (κ2) is 3.94.